The summed E-state index contributed by atoms with van der Waals surface area (Å²) >= 11 is 3.65. The van der Waals surface area contributed by atoms with Crippen LogP contribution in [-0.4, -0.2) is 0 Å². The summed E-state index contributed by atoms with van der Waals surface area (Å²) in [5.74, 6) is 1.98. The van der Waals surface area contributed by atoms with Crippen LogP contribution in [0.3, 0.4) is 0 Å². The molecule has 2 bridgehead atoms. The lowest BCUT2D eigenvalue weighted by Gasteiger charge is -2.42. The van der Waals surface area contributed by atoms with Crippen LogP contribution in [0.1, 0.15) is 35.2 Å². The van der Waals surface area contributed by atoms with E-state index in [4.69, 9.17) is 0 Å². The highest BCUT2D eigenvalue weighted by Crippen LogP contribution is 2.55. The first kappa shape index (κ1) is 11.3. The Kier molecular flexibility index (Phi) is 2.15. The van der Waals surface area contributed by atoms with Gasteiger partial charge >= 0.3 is 0 Å². The molecule has 6 rings (SSSR count). The lowest BCUT2D eigenvalue weighted by Crippen LogP contribution is -2.57. The molecule has 0 saturated heterocycles. The maximum Gasteiger partial charge on any atom is 0.190 e. The molecule has 0 amide bonds. The molecule has 1 nitrogen and oxygen atoms in total. The first-order valence-electron chi connectivity index (χ1n) is 7.30. The molecule has 0 unspecified atom stereocenters. The summed E-state index contributed by atoms with van der Waals surface area (Å²) in [6.45, 7) is 0. The molecular formula is C18H15BrN+. The zero-order valence-electron chi connectivity index (χ0n) is 11.0. The van der Waals surface area contributed by atoms with Gasteiger partial charge in [-0.1, -0.05) is 40.2 Å². The van der Waals surface area contributed by atoms with Crippen LogP contribution in [0.15, 0.2) is 59.2 Å². The SMILES string of the molecule is Brc1ccc2c(c1)[C@H]1c3cccc[n+]3[C@@H]2[C@H]2C=CC[C@@H]12. The average Bonchev–Trinajstić information content (AvgIpc) is 2.96. The number of aromatic nitrogens is 1. The number of rotatable bonds is 0. The highest BCUT2D eigenvalue weighted by molar-refractivity contribution is 9.10. The van der Waals surface area contributed by atoms with E-state index in [1.165, 1.54) is 22.2 Å². The third kappa shape index (κ3) is 1.26. The number of benzene rings is 1. The van der Waals surface area contributed by atoms with E-state index in [0.717, 1.165) is 5.92 Å². The summed E-state index contributed by atoms with van der Waals surface area (Å²) < 4.78 is 3.71. The van der Waals surface area contributed by atoms with Gasteiger partial charge < -0.3 is 0 Å². The van der Waals surface area contributed by atoms with E-state index < -0.39 is 0 Å². The van der Waals surface area contributed by atoms with Gasteiger partial charge in [-0.15, -0.1) is 0 Å². The van der Waals surface area contributed by atoms with Gasteiger partial charge in [0.15, 0.2) is 17.9 Å². The smallest absolute Gasteiger partial charge is 0.190 e. The molecule has 0 fully saturated rings. The largest absolute Gasteiger partial charge is 0.194 e. The van der Waals surface area contributed by atoms with Gasteiger partial charge in [0, 0.05) is 28.1 Å². The zero-order valence-corrected chi connectivity index (χ0v) is 12.6. The Hall–Kier alpha value is -1.41. The lowest BCUT2D eigenvalue weighted by atomic mass is 9.63. The molecular weight excluding hydrogens is 310 g/mol. The van der Waals surface area contributed by atoms with Gasteiger partial charge in [0.05, 0.1) is 5.92 Å². The van der Waals surface area contributed by atoms with Crippen molar-refractivity contribution in [3.8, 4) is 0 Å². The molecule has 4 aliphatic rings. The van der Waals surface area contributed by atoms with E-state index in [1.54, 1.807) is 5.56 Å². The summed E-state index contributed by atoms with van der Waals surface area (Å²) in [6, 6.07) is 14.0. The third-order valence-corrected chi connectivity index (χ3v) is 5.79. The quantitative estimate of drug-likeness (QED) is 0.510. The van der Waals surface area contributed by atoms with Crippen LogP contribution in [0, 0.1) is 11.8 Å². The molecule has 2 aliphatic heterocycles. The lowest BCUT2D eigenvalue weighted by molar-refractivity contribution is -0.737. The second kappa shape index (κ2) is 3.82. The molecule has 3 heterocycles. The van der Waals surface area contributed by atoms with Crippen LogP contribution in [0.2, 0.25) is 0 Å². The summed E-state index contributed by atoms with van der Waals surface area (Å²) in [6.07, 6.45) is 8.34. The van der Waals surface area contributed by atoms with E-state index in [9.17, 15) is 0 Å². The van der Waals surface area contributed by atoms with Crippen molar-refractivity contribution >= 4 is 15.9 Å². The highest BCUT2D eigenvalue weighted by Gasteiger charge is 2.55. The molecule has 0 N–H and O–H groups in total. The van der Waals surface area contributed by atoms with E-state index >= 15 is 0 Å². The fourth-order valence-corrected chi connectivity index (χ4v) is 4.99. The van der Waals surface area contributed by atoms with Crippen molar-refractivity contribution in [2.75, 3.05) is 0 Å². The Labute approximate surface area is 127 Å². The Morgan fingerprint density at radius 2 is 2.05 bits per heavy atom. The van der Waals surface area contributed by atoms with E-state index in [1.807, 2.05) is 0 Å². The second-order valence-corrected chi connectivity index (χ2v) is 7.05. The van der Waals surface area contributed by atoms with Crippen LogP contribution >= 0.6 is 15.9 Å². The maximum absolute atomic E-state index is 3.65. The number of pyridine rings is 1. The number of halogens is 1. The molecule has 0 spiro atoms. The summed E-state index contributed by atoms with van der Waals surface area (Å²) in [5, 5.41) is 0. The van der Waals surface area contributed by atoms with Gasteiger partial charge in [-0.25, -0.2) is 0 Å². The Balaban J connectivity index is 1.85. The van der Waals surface area contributed by atoms with Gasteiger partial charge in [0.2, 0.25) is 0 Å². The summed E-state index contributed by atoms with van der Waals surface area (Å²) in [5.41, 5.74) is 4.56. The number of allylic oxidation sites excluding steroid dienone is 2. The van der Waals surface area contributed by atoms with Crippen molar-refractivity contribution in [1.82, 2.24) is 0 Å². The van der Waals surface area contributed by atoms with E-state index in [-0.39, 0.29) is 0 Å². The van der Waals surface area contributed by atoms with Crippen molar-refractivity contribution in [2.24, 2.45) is 11.8 Å². The van der Waals surface area contributed by atoms with Crippen molar-refractivity contribution < 1.29 is 4.57 Å². The topological polar surface area (TPSA) is 3.88 Å². The minimum Gasteiger partial charge on any atom is -0.194 e. The molecule has 2 heteroatoms. The standard InChI is InChI=1S/C18H15BrN/c19-11-7-8-14-15(10-11)17-12-4-3-5-13(12)18(14)20-9-2-1-6-16(17)20/h1-3,5-10,12-13,17-18H,4H2/q+1/t12-,13+,17+,18-/m1/s1. The molecule has 20 heavy (non-hydrogen) atoms. The second-order valence-electron chi connectivity index (χ2n) is 6.13. The predicted molar refractivity (Wildman–Crippen MR) is 81.5 cm³/mol. The first-order valence-corrected chi connectivity index (χ1v) is 8.10. The van der Waals surface area contributed by atoms with Gasteiger partial charge in [-0.2, -0.15) is 4.57 Å². The number of hydrogen-bond donors (Lipinski definition) is 0. The minimum absolute atomic E-state index is 0.489. The molecule has 2 aliphatic carbocycles. The van der Waals surface area contributed by atoms with Crippen molar-refractivity contribution in [2.45, 2.75) is 18.4 Å². The Morgan fingerprint density at radius 3 is 3.00 bits per heavy atom. The van der Waals surface area contributed by atoms with Crippen LogP contribution in [0.25, 0.3) is 0 Å². The van der Waals surface area contributed by atoms with E-state index in [2.05, 4.69) is 75.2 Å². The minimum atomic E-state index is 0.489. The molecule has 1 aromatic carbocycles. The fourth-order valence-electron chi connectivity index (χ4n) is 4.61. The van der Waals surface area contributed by atoms with Crippen LogP contribution in [-0.2, 0) is 0 Å². The molecule has 4 atom stereocenters. The maximum atomic E-state index is 3.65. The van der Waals surface area contributed by atoms with E-state index in [0.29, 0.717) is 17.9 Å². The summed E-state index contributed by atoms with van der Waals surface area (Å²) in [4.78, 5) is 0. The Bertz CT molecular complexity index is 749. The molecule has 0 saturated carbocycles. The number of nitrogens with zero attached hydrogens (tertiary/aromatic N) is 1. The molecule has 98 valence electrons. The monoisotopic (exact) mass is 324 g/mol. The van der Waals surface area contributed by atoms with Gasteiger partial charge in [0.25, 0.3) is 0 Å². The average molecular weight is 325 g/mol. The van der Waals surface area contributed by atoms with Crippen LogP contribution in [0.4, 0.5) is 0 Å². The molecule has 0 radical (unpaired) electrons. The van der Waals surface area contributed by atoms with Gasteiger partial charge in [0.1, 0.15) is 0 Å². The molecule has 1 aromatic heterocycles. The van der Waals surface area contributed by atoms with Crippen LogP contribution in [0.5, 0.6) is 0 Å². The Morgan fingerprint density at radius 1 is 1.10 bits per heavy atom. The highest BCUT2D eigenvalue weighted by atomic mass is 79.9. The van der Waals surface area contributed by atoms with Gasteiger partial charge in [-0.05, 0) is 30.0 Å². The van der Waals surface area contributed by atoms with Crippen molar-refractivity contribution in [1.29, 1.82) is 0 Å². The van der Waals surface area contributed by atoms with Crippen LogP contribution < -0.4 is 4.57 Å². The predicted octanol–water partition coefficient (Wildman–Crippen LogP) is 3.98. The van der Waals surface area contributed by atoms with Crippen molar-refractivity contribution in [3.63, 3.8) is 0 Å². The third-order valence-electron chi connectivity index (χ3n) is 5.30. The fraction of sp³-hybridized carbons (Fsp3) is 0.278. The van der Waals surface area contributed by atoms with Gasteiger partial charge in [-0.3, -0.25) is 0 Å². The zero-order chi connectivity index (χ0) is 13.3. The number of hydrogen-bond acceptors (Lipinski definition) is 0. The molecule has 2 aromatic rings. The normalized spacial score (nSPS) is 31.9. The van der Waals surface area contributed by atoms with Crippen molar-refractivity contribution in [3.05, 3.63) is 76.0 Å². The summed E-state index contributed by atoms with van der Waals surface area (Å²) in [7, 11) is 0. The first-order chi connectivity index (χ1) is 9.84.